The highest BCUT2D eigenvalue weighted by molar-refractivity contribution is 5.82. The molecule has 1 aromatic carbocycles. The molecule has 1 N–H and O–H groups in total. The number of hydrogen-bond donors (Lipinski definition) is 1. The Morgan fingerprint density at radius 3 is 2.22 bits per heavy atom. The Bertz CT molecular complexity index is 489. The van der Waals surface area contributed by atoms with Gasteiger partial charge in [0.05, 0.1) is 11.0 Å². The predicted octanol–water partition coefficient (Wildman–Crippen LogP) is 3.35. The number of rotatable bonds is 2. The third kappa shape index (κ3) is 1.85. The smallest absolute Gasteiger partial charge is 0.416 e. The lowest BCUT2D eigenvalue weighted by Crippen LogP contribution is -2.43. The molecule has 0 unspecified atom stereocenters. The van der Waals surface area contributed by atoms with Crippen molar-refractivity contribution < 1.29 is 27.5 Å². The minimum atomic E-state index is -4.63. The van der Waals surface area contributed by atoms with Crippen LogP contribution in [0.3, 0.4) is 0 Å². The number of hydrogen-bond acceptors (Lipinski definition) is 1. The van der Waals surface area contributed by atoms with Crippen molar-refractivity contribution in [1.29, 1.82) is 0 Å². The van der Waals surface area contributed by atoms with E-state index in [0.29, 0.717) is 12.5 Å². The fraction of sp³-hybridized carbons (Fsp3) is 0.417. The van der Waals surface area contributed by atoms with Gasteiger partial charge in [0.2, 0.25) is 0 Å². The molecule has 2 nitrogen and oxygen atoms in total. The molecule has 2 rings (SSSR count). The summed E-state index contributed by atoms with van der Waals surface area (Å²) in [4.78, 5) is 11.1. The van der Waals surface area contributed by atoms with E-state index in [0.717, 1.165) is 12.1 Å². The van der Waals surface area contributed by atoms with Crippen LogP contribution in [0.15, 0.2) is 18.2 Å². The summed E-state index contributed by atoms with van der Waals surface area (Å²) in [6, 6.07) is 2.02. The van der Waals surface area contributed by atoms with Gasteiger partial charge in [-0.25, -0.2) is 4.39 Å². The number of benzene rings is 1. The van der Waals surface area contributed by atoms with Crippen LogP contribution in [-0.2, 0) is 16.4 Å². The Morgan fingerprint density at radius 2 is 1.89 bits per heavy atom. The second-order valence-corrected chi connectivity index (χ2v) is 4.43. The molecule has 1 fully saturated rings. The van der Waals surface area contributed by atoms with E-state index >= 15 is 0 Å². The molecule has 0 spiro atoms. The van der Waals surface area contributed by atoms with Gasteiger partial charge in [0.25, 0.3) is 0 Å². The molecule has 18 heavy (non-hydrogen) atoms. The highest BCUT2D eigenvalue weighted by Gasteiger charge is 2.48. The van der Waals surface area contributed by atoms with Crippen molar-refractivity contribution in [3.63, 3.8) is 0 Å². The predicted molar refractivity (Wildman–Crippen MR) is 54.6 cm³/mol. The molecule has 1 aliphatic carbocycles. The lowest BCUT2D eigenvalue weighted by molar-refractivity contribution is -0.147. The Labute approximate surface area is 100 Å². The number of carboxylic acid groups (broad SMARTS) is 1. The van der Waals surface area contributed by atoms with Crippen LogP contribution in [-0.4, -0.2) is 11.1 Å². The molecule has 1 aromatic rings. The normalized spacial score (nSPS) is 18.2. The lowest BCUT2D eigenvalue weighted by Gasteiger charge is -2.38. The highest BCUT2D eigenvalue weighted by atomic mass is 19.4. The fourth-order valence-electron chi connectivity index (χ4n) is 2.21. The lowest BCUT2D eigenvalue weighted by atomic mass is 9.64. The van der Waals surface area contributed by atoms with Crippen molar-refractivity contribution in [2.45, 2.75) is 30.9 Å². The van der Waals surface area contributed by atoms with E-state index in [9.17, 15) is 22.4 Å². The summed E-state index contributed by atoms with van der Waals surface area (Å²) in [5, 5.41) is 9.10. The van der Waals surface area contributed by atoms with Crippen LogP contribution in [0.2, 0.25) is 0 Å². The van der Waals surface area contributed by atoms with Crippen LogP contribution in [0.4, 0.5) is 17.6 Å². The van der Waals surface area contributed by atoms with Gasteiger partial charge in [0, 0.05) is 5.56 Å². The van der Waals surface area contributed by atoms with Gasteiger partial charge in [-0.1, -0.05) is 12.5 Å². The van der Waals surface area contributed by atoms with Gasteiger partial charge in [0.1, 0.15) is 5.82 Å². The van der Waals surface area contributed by atoms with E-state index in [1.165, 1.54) is 0 Å². The monoisotopic (exact) mass is 262 g/mol. The third-order valence-corrected chi connectivity index (χ3v) is 3.43. The molecule has 0 atom stereocenters. The Kier molecular flexibility index (Phi) is 2.83. The summed E-state index contributed by atoms with van der Waals surface area (Å²) in [7, 11) is 0. The maximum absolute atomic E-state index is 13.7. The van der Waals surface area contributed by atoms with Crippen molar-refractivity contribution >= 4 is 5.97 Å². The van der Waals surface area contributed by atoms with Gasteiger partial charge in [-0.3, -0.25) is 4.79 Å². The van der Waals surface area contributed by atoms with Crippen molar-refractivity contribution in [1.82, 2.24) is 0 Å². The zero-order valence-corrected chi connectivity index (χ0v) is 9.22. The molecule has 0 heterocycles. The number of carboxylic acids is 1. The third-order valence-electron chi connectivity index (χ3n) is 3.43. The molecule has 98 valence electrons. The van der Waals surface area contributed by atoms with Crippen molar-refractivity contribution in [2.75, 3.05) is 0 Å². The van der Waals surface area contributed by atoms with Crippen LogP contribution >= 0.6 is 0 Å². The minimum Gasteiger partial charge on any atom is -0.481 e. The summed E-state index contributed by atoms with van der Waals surface area (Å²) < 4.78 is 50.8. The minimum absolute atomic E-state index is 0.158. The molecule has 6 heteroatoms. The zero-order valence-electron chi connectivity index (χ0n) is 9.22. The first-order chi connectivity index (χ1) is 8.27. The molecular weight excluding hydrogens is 252 g/mol. The summed E-state index contributed by atoms with van der Waals surface area (Å²) in [5.41, 5.74) is -2.62. The quantitative estimate of drug-likeness (QED) is 0.830. The van der Waals surface area contributed by atoms with Crippen LogP contribution in [0.5, 0.6) is 0 Å². The Balaban J connectivity index is 2.45. The topological polar surface area (TPSA) is 37.3 Å². The Morgan fingerprint density at radius 1 is 1.28 bits per heavy atom. The van der Waals surface area contributed by atoms with E-state index in [2.05, 4.69) is 0 Å². The average molecular weight is 262 g/mol. The van der Waals surface area contributed by atoms with Gasteiger partial charge in [-0.2, -0.15) is 13.2 Å². The summed E-state index contributed by atoms with van der Waals surface area (Å²) in [5.74, 6) is -2.29. The molecule has 0 saturated heterocycles. The van der Waals surface area contributed by atoms with Crippen LogP contribution in [0, 0.1) is 5.82 Å². The first-order valence-corrected chi connectivity index (χ1v) is 5.38. The van der Waals surface area contributed by atoms with Gasteiger partial charge < -0.3 is 5.11 Å². The molecule has 0 amide bonds. The number of aliphatic carboxylic acids is 1. The maximum atomic E-state index is 13.7. The Hall–Kier alpha value is -1.59. The molecule has 0 aromatic heterocycles. The second-order valence-electron chi connectivity index (χ2n) is 4.43. The van der Waals surface area contributed by atoms with E-state index in [-0.39, 0.29) is 18.4 Å². The van der Waals surface area contributed by atoms with Crippen molar-refractivity contribution in [2.24, 2.45) is 0 Å². The second kappa shape index (κ2) is 3.96. The first-order valence-electron chi connectivity index (χ1n) is 5.38. The molecule has 0 radical (unpaired) electrons. The summed E-state index contributed by atoms with van der Waals surface area (Å²) in [6.07, 6.45) is -3.49. The van der Waals surface area contributed by atoms with E-state index in [1.54, 1.807) is 0 Å². The SMILES string of the molecule is O=C(O)C1(c2ccc(C(F)(F)F)cc2F)CCC1. The fourth-order valence-corrected chi connectivity index (χ4v) is 2.21. The molecule has 1 aliphatic rings. The molecule has 0 aliphatic heterocycles. The first kappa shape index (κ1) is 12.9. The largest absolute Gasteiger partial charge is 0.481 e. The molecule has 0 bridgehead atoms. The van der Waals surface area contributed by atoms with Gasteiger partial charge in [0.15, 0.2) is 0 Å². The summed E-state index contributed by atoms with van der Waals surface area (Å²) >= 11 is 0. The molecule has 1 saturated carbocycles. The highest BCUT2D eigenvalue weighted by Crippen LogP contribution is 2.45. The number of halogens is 4. The van der Waals surface area contributed by atoms with Gasteiger partial charge in [-0.15, -0.1) is 0 Å². The van der Waals surface area contributed by atoms with Gasteiger partial charge >= 0.3 is 12.1 Å². The number of alkyl halides is 3. The standard InChI is InChI=1S/C12H10F4O2/c13-9-6-7(12(14,15)16)2-3-8(9)11(10(17)18)4-1-5-11/h2-3,6H,1,4-5H2,(H,17,18). The van der Waals surface area contributed by atoms with Gasteiger partial charge in [-0.05, 0) is 25.0 Å². The van der Waals surface area contributed by atoms with E-state index in [4.69, 9.17) is 5.11 Å². The van der Waals surface area contributed by atoms with Crippen LogP contribution < -0.4 is 0 Å². The summed E-state index contributed by atoms with van der Waals surface area (Å²) in [6.45, 7) is 0. The maximum Gasteiger partial charge on any atom is 0.416 e. The van der Waals surface area contributed by atoms with Crippen LogP contribution in [0.25, 0.3) is 0 Å². The average Bonchev–Trinajstić information content (AvgIpc) is 2.16. The van der Waals surface area contributed by atoms with Crippen LogP contribution in [0.1, 0.15) is 30.4 Å². The number of carbonyl (C=O) groups is 1. The van der Waals surface area contributed by atoms with Crippen molar-refractivity contribution in [3.8, 4) is 0 Å². The molecular formula is C12H10F4O2. The van der Waals surface area contributed by atoms with Crippen molar-refractivity contribution in [3.05, 3.63) is 35.1 Å². The van der Waals surface area contributed by atoms with E-state index in [1.807, 2.05) is 0 Å². The zero-order chi connectivity index (χ0) is 13.6. The van der Waals surface area contributed by atoms with E-state index < -0.39 is 28.9 Å².